The first-order valence-electron chi connectivity index (χ1n) is 10.1. The lowest BCUT2D eigenvalue weighted by atomic mass is 9.94. The normalized spacial score (nSPS) is 12.5. The van der Waals surface area contributed by atoms with Crippen molar-refractivity contribution >= 4 is 24.9 Å². The van der Waals surface area contributed by atoms with Gasteiger partial charge in [0.25, 0.3) is 0 Å². The largest absolute Gasteiger partial charge is 0.394 e. The van der Waals surface area contributed by atoms with Gasteiger partial charge in [0, 0.05) is 5.02 Å². The van der Waals surface area contributed by atoms with Crippen molar-refractivity contribution in [3.63, 3.8) is 0 Å². The molecular formula is C21H38ClNO2Si. The van der Waals surface area contributed by atoms with Gasteiger partial charge in [-0.3, -0.25) is 0 Å². The van der Waals surface area contributed by atoms with E-state index in [1.807, 2.05) is 12.1 Å². The molecule has 0 radical (unpaired) electrons. The average Bonchev–Trinajstić information content (AvgIpc) is 2.63. The molecular weight excluding hydrogens is 362 g/mol. The lowest BCUT2D eigenvalue weighted by Gasteiger charge is -2.24. The van der Waals surface area contributed by atoms with Gasteiger partial charge in [0.2, 0.25) is 0 Å². The van der Waals surface area contributed by atoms with E-state index in [1.54, 1.807) is 0 Å². The van der Waals surface area contributed by atoms with E-state index in [-0.39, 0.29) is 13.2 Å². The van der Waals surface area contributed by atoms with Gasteiger partial charge >= 0.3 is 0 Å². The van der Waals surface area contributed by atoms with Gasteiger partial charge in [-0.25, -0.2) is 0 Å². The van der Waals surface area contributed by atoms with Crippen LogP contribution in [0, 0.1) is 0 Å². The van der Waals surface area contributed by atoms with Crippen LogP contribution in [0.3, 0.4) is 0 Å². The van der Waals surface area contributed by atoms with E-state index < -0.39 is 13.6 Å². The molecule has 5 heteroatoms. The maximum atomic E-state index is 9.16. The van der Waals surface area contributed by atoms with Crippen LogP contribution in [0.5, 0.6) is 0 Å². The highest BCUT2D eigenvalue weighted by Crippen LogP contribution is 2.18. The molecule has 0 atom stereocenters. The number of halogens is 1. The summed E-state index contributed by atoms with van der Waals surface area (Å²) in [6, 6.07) is 9.79. The van der Waals surface area contributed by atoms with Gasteiger partial charge < -0.3 is 15.9 Å². The summed E-state index contributed by atoms with van der Waals surface area (Å²) in [4.78, 5) is 0. The third-order valence-corrected chi connectivity index (χ3v) is 9.23. The molecule has 0 unspecified atom stereocenters. The second kappa shape index (κ2) is 12.1. The molecule has 1 aromatic carbocycles. The minimum Gasteiger partial charge on any atom is -0.394 e. The molecule has 0 aliphatic heterocycles. The Balaban J connectivity index is 2.04. The van der Waals surface area contributed by atoms with Crippen molar-refractivity contribution in [3.8, 4) is 0 Å². The predicted molar refractivity (Wildman–Crippen MR) is 116 cm³/mol. The molecule has 0 aliphatic rings. The van der Waals surface area contributed by atoms with Gasteiger partial charge in [-0.05, 0) is 18.6 Å². The molecule has 26 heavy (non-hydrogen) atoms. The summed E-state index contributed by atoms with van der Waals surface area (Å²) in [5, 5.41) is 20.7. The molecule has 150 valence electrons. The topological polar surface area (TPSA) is 66.5 Å². The Bertz CT molecular complexity index is 489. The maximum absolute atomic E-state index is 9.16. The molecule has 4 N–H and O–H groups in total. The van der Waals surface area contributed by atoms with Crippen molar-refractivity contribution in [2.75, 3.05) is 13.2 Å². The summed E-state index contributed by atoms with van der Waals surface area (Å²) < 4.78 is 0. The van der Waals surface area contributed by atoms with Crippen molar-refractivity contribution in [3.05, 3.63) is 29.3 Å². The van der Waals surface area contributed by atoms with Crippen LogP contribution in [0.1, 0.15) is 57.8 Å². The highest BCUT2D eigenvalue weighted by molar-refractivity contribution is 6.89. The third-order valence-electron chi connectivity index (χ3n) is 5.48. The molecule has 0 bridgehead atoms. The highest BCUT2D eigenvalue weighted by Gasteiger charge is 2.23. The fourth-order valence-corrected chi connectivity index (χ4v) is 5.98. The zero-order valence-electron chi connectivity index (χ0n) is 16.6. The first-order valence-corrected chi connectivity index (χ1v) is 13.7. The van der Waals surface area contributed by atoms with E-state index in [2.05, 4.69) is 25.2 Å². The summed E-state index contributed by atoms with van der Waals surface area (Å²) in [6.45, 7) is 4.62. The highest BCUT2D eigenvalue weighted by atomic mass is 35.5. The Kier molecular flexibility index (Phi) is 11.0. The Morgan fingerprint density at radius 3 is 1.81 bits per heavy atom. The average molecular weight is 400 g/mol. The number of aliphatic hydroxyl groups excluding tert-OH is 2. The van der Waals surface area contributed by atoms with E-state index >= 15 is 0 Å². The van der Waals surface area contributed by atoms with Gasteiger partial charge in [0.05, 0.1) is 26.8 Å². The number of rotatable bonds is 14. The molecule has 1 rings (SSSR count). The lowest BCUT2D eigenvalue weighted by Crippen LogP contribution is -2.47. The molecule has 0 saturated carbocycles. The minimum absolute atomic E-state index is 0.140. The third kappa shape index (κ3) is 9.00. The van der Waals surface area contributed by atoms with Crippen LogP contribution in [-0.2, 0) is 0 Å². The first-order chi connectivity index (χ1) is 12.3. The molecule has 3 nitrogen and oxygen atoms in total. The van der Waals surface area contributed by atoms with Crippen LogP contribution in [0.25, 0.3) is 0 Å². The number of hydrogen-bond acceptors (Lipinski definition) is 3. The van der Waals surface area contributed by atoms with Crippen molar-refractivity contribution < 1.29 is 10.2 Å². The zero-order chi connectivity index (χ0) is 19.5. The number of aliphatic hydroxyl groups is 2. The van der Waals surface area contributed by atoms with Crippen LogP contribution in [0.4, 0.5) is 0 Å². The van der Waals surface area contributed by atoms with Crippen LogP contribution >= 0.6 is 11.6 Å². The smallest absolute Gasteiger partial charge is 0.0806 e. The van der Waals surface area contributed by atoms with E-state index in [0.29, 0.717) is 6.42 Å². The van der Waals surface area contributed by atoms with Gasteiger partial charge in [-0.1, -0.05) is 99.4 Å². The van der Waals surface area contributed by atoms with E-state index in [4.69, 9.17) is 27.5 Å². The summed E-state index contributed by atoms with van der Waals surface area (Å²) in [7, 11) is -1.33. The Morgan fingerprint density at radius 2 is 1.31 bits per heavy atom. The SMILES string of the molecule is C[Si](C)(CCCCCCCCCCC(N)(CO)CO)c1ccc(Cl)cc1. The van der Waals surface area contributed by atoms with Crippen molar-refractivity contribution in [1.29, 1.82) is 0 Å². The van der Waals surface area contributed by atoms with Crippen molar-refractivity contribution in [2.24, 2.45) is 5.73 Å². The number of hydrogen-bond donors (Lipinski definition) is 3. The second-order valence-electron chi connectivity index (χ2n) is 8.40. The molecule has 1 aromatic rings. The molecule has 0 saturated heterocycles. The molecule has 0 fully saturated rings. The summed E-state index contributed by atoms with van der Waals surface area (Å²) in [5.41, 5.74) is 5.08. The molecule has 0 heterocycles. The number of benzene rings is 1. The van der Waals surface area contributed by atoms with Crippen LogP contribution in [-0.4, -0.2) is 37.0 Å². The van der Waals surface area contributed by atoms with Crippen LogP contribution in [0.15, 0.2) is 24.3 Å². The molecule has 0 aromatic heterocycles. The van der Waals surface area contributed by atoms with Gasteiger partial charge in [0.15, 0.2) is 0 Å². The first kappa shape index (κ1) is 23.6. The standard InChI is InChI=1S/C21H38ClNO2Si/c1-26(2,20-13-11-19(22)12-14-20)16-10-8-6-4-3-5-7-9-15-21(23,17-24)18-25/h11-14,24-25H,3-10,15-18,23H2,1-2H3. The van der Waals surface area contributed by atoms with E-state index in [9.17, 15) is 0 Å². The fraction of sp³-hybridized carbons (Fsp3) is 0.714. The van der Waals surface area contributed by atoms with Crippen LogP contribution < -0.4 is 10.9 Å². The quantitative estimate of drug-likeness (QED) is 0.320. The van der Waals surface area contributed by atoms with Gasteiger partial charge in [-0.2, -0.15) is 0 Å². The summed E-state index contributed by atoms with van der Waals surface area (Å²) >= 11 is 5.99. The van der Waals surface area contributed by atoms with Crippen LogP contribution in [0.2, 0.25) is 24.2 Å². The van der Waals surface area contributed by atoms with Crippen molar-refractivity contribution in [2.45, 2.75) is 82.5 Å². The monoisotopic (exact) mass is 399 g/mol. The van der Waals surface area contributed by atoms with E-state index in [0.717, 1.165) is 17.9 Å². The fourth-order valence-electron chi connectivity index (χ4n) is 3.36. The lowest BCUT2D eigenvalue weighted by molar-refractivity contribution is 0.112. The molecule has 0 aliphatic carbocycles. The molecule has 0 amide bonds. The van der Waals surface area contributed by atoms with Gasteiger partial charge in [0.1, 0.15) is 0 Å². The predicted octanol–water partition coefficient (Wildman–Crippen LogP) is 4.45. The Morgan fingerprint density at radius 1 is 0.846 bits per heavy atom. The second-order valence-corrected chi connectivity index (χ2v) is 13.7. The van der Waals surface area contributed by atoms with Crippen molar-refractivity contribution in [1.82, 2.24) is 0 Å². The number of unbranched alkanes of at least 4 members (excludes halogenated alkanes) is 7. The Hall–Kier alpha value is -0.393. The summed E-state index contributed by atoms with van der Waals surface area (Å²) in [6.07, 6.45) is 10.6. The van der Waals surface area contributed by atoms with Gasteiger partial charge in [-0.15, -0.1) is 0 Å². The maximum Gasteiger partial charge on any atom is 0.0806 e. The minimum atomic E-state index is -1.33. The number of nitrogens with two attached hydrogens (primary N) is 1. The molecule has 0 spiro atoms. The Labute approximate surface area is 166 Å². The zero-order valence-corrected chi connectivity index (χ0v) is 18.4. The van der Waals surface area contributed by atoms with E-state index in [1.165, 1.54) is 49.8 Å². The summed E-state index contributed by atoms with van der Waals surface area (Å²) in [5.74, 6) is 0.